The number of halogens is 4. The van der Waals surface area contributed by atoms with Gasteiger partial charge in [-0.25, -0.2) is 9.78 Å². The third-order valence-electron chi connectivity index (χ3n) is 9.25. The molecule has 0 saturated heterocycles. The standard InChI is InChI=1S/C36H38ClF3N10O6/c1-55-30(54)26(10-15-42-28(52)29(53)43-18-34(11-12-34)19-50-17-16-41-21-50)45-27(51)22-2-8-25(9-3-22)44-31-46-32(48-33(47-31)56-20-36(38,39)40)49-35(13-14-35)23-4-6-24(37)7-5-23/h2-9,16-17,21,26H,10-15,18-20H2,1H3,(H,42,52)(H,43,53)(H,45,51)(H2,44,46,47,48,49)/t26-/m1/s1. The Balaban J connectivity index is 1.03. The molecule has 0 spiro atoms. The summed E-state index contributed by atoms with van der Waals surface area (Å²) in [7, 11) is 1.15. The summed E-state index contributed by atoms with van der Waals surface area (Å²) in [6.45, 7) is -0.744. The second kappa shape index (κ2) is 16.8. The van der Waals surface area contributed by atoms with Gasteiger partial charge in [-0.15, -0.1) is 0 Å². The van der Waals surface area contributed by atoms with Crippen LogP contribution >= 0.6 is 11.6 Å². The molecule has 20 heteroatoms. The summed E-state index contributed by atoms with van der Waals surface area (Å²) in [5.41, 5.74) is 0.714. The van der Waals surface area contributed by atoms with Crippen LogP contribution in [0.5, 0.6) is 6.01 Å². The number of nitrogens with zero attached hydrogens (tertiary/aromatic N) is 5. The molecule has 296 valence electrons. The first-order valence-corrected chi connectivity index (χ1v) is 17.9. The summed E-state index contributed by atoms with van der Waals surface area (Å²) >= 11 is 6.03. The van der Waals surface area contributed by atoms with Crippen LogP contribution in [-0.2, 0) is 31.2 Å². The fourth-order valence-electron chi connectivity index (χ4n) is 5.83. The monoisotopic (exact) mass is 798 g/mol. The van der Waals surface area contributed by atoms with E-state index in [9.17, 15) is 32.3 Å². The topological polar surface area (TPSA) is 203 Å². The van der Waals surface area contributed by atoms with Gasteiger partial charge in [0.1, 0.15) is 6.04 Å². The second-order valence-corrected chi connectivity index (χ2v) is 14.0. The van der Waals surface area contributed by atoms with Gasteiger partial charge in [-0.05, 0) is 74.1 Å². The maximum atomic E-state index is 13.1. The summed E-state index contributed by atoms with van der Waals surface area (Å²) < 4.78 is 50.5. The lowest BCUT2D eigenvalue weighted by atomic mass is 10.1. The molecule has 2 heterocycles. The number of ether oxygens (including phenoxy) is 2. The highest BCUT2D eigenvalue weighted by molar-refractivity contribution is 6.35. The smallest absolute Gasteiger partial charge is 0.422 e. The number of hydrogen-bond acceptors (Lipinski definition) is 12. The third-order valence-corrected chi connectivity index (χ3v) is 9.51. The molecule has 1 atom stereocenters. The summed E-state index contributed by atoms with van der Waals surface area (Å²) in [5.74, 6) is -3.26. The Hall–Kier alpha value is -5.98. The quantitative estimate of drug-likeness (QED) is 0.0764. The minimum absolute atomic E-state index is 0.0259. The first-order valence-electron chi connectivity index (χ1n) is 17.5. The number of hydrogen-bond donors (Lipinski definition) is 5. The molecule has 2 aromatic carbocycles. The van der Waals surface area contributed by atoms with Crippen LogP contribution in [0.4, 0.5) is 30.8 Å². The van der Waals surface area contributed by atoms with Crippen LogP contribution in [0.15, 0.2) is 67.3 Å². The number of rotatable bonds is 17. The number of imidazole rings is 1. The molecule has 56 heavy (non-hydrogen) atoms. The van der Waals surface area contributed by atoms with Crippen molar-refractivity contribution in [2.75, 3.05) is 37.4 Å². The van der Waals surface area contributed by atoms with Crippen molar-refractivity contribution in [2.24, 2.45) is 5.41 Å². The zero-order chi connectivity index (χ0) is 39.9. The third kappa shape index (κ3) is 10.8. The fraction of sp³-hybridized carbons (Fsp3) is 0.389. The largest absolute Gasteiger partial charge is 0.467 e. The molecule has 0 aliphatic heterocycles. The van der Waals surface area contributed by atoms with E-state index in [1.807, 2.05) is 22.9 Å². The minimum atomic E-state index is -4.64. The first-order chi connectivity index (χ1) is 26.7. The number of methoxy groups -OCH3 is 1. The van der Waals surface area contributed by atoms with Crippen molar-refractivity contribution in [3.63, 3.8) is 0 Å². The Morgan fingerprint density at radius 3 is 2.25 bits per heavy atom. The van der Waals surface area contributed by atoms with Crippen LogP contribution in [0.2, 0.25) is 5.02 Å². The van der Waals surface area contributed by atoms with Gasteiger partial charge in [0.25, 0.3) is 5.91 Å². The van der Waals surface area contributed by atoms with Crippen molar-refractivity contribution >= 4 is 52.9 Å². The highest BCUT2D eigenvalue weighted by atomic mass is 35.5. The van der Waals surface area contributed by atoms with Crippen LogP contribution < -0.4 is 31.3 Å². The Bertz CT molecular complexity index is 2030. The maximum absolute atomic E-state index is 13.1. The van der Waals surface area contributed by atoms with Crippen molar-refractivity contribution in [3.8, 4) is 6.01 Å². The van der Waals surface area contributed by atoms with Gasteiger partial charge in [0, 0.05) is 53.7 Å². The average molecular weight is 799 g/mol. The van der Waals surface area contributed by atoms with Gasteiger partial charge >= 0.3 is 30.0 Å². The van der Waals surface area contributed by atoms with Gasteiger partial charge in [0.15, 0.2) is 6.61 Å². The van der Waals surface area contributed by atoms with Crippen LogP contribution in [0.3, 0.4) is 0 Å². The second-order valence-electron chi connectivity index (χ2n) is 13.6. The number of nitrogens with one attached hydrogen (secondary N) is 5. The number of amides is 3. The Kier molecular flexibility index (Phi) is 11.9. The molecule has 0 radical (unpaired) electrons. The molecule has 4 aromatic rings. The highest BCUT2D eigenvalue weighted by Gasteiger charge is 2.45. The van der Waals surface area contributed by atoms with E-state index in [1.54, 1.807) is 24.7 Å². The minimum Gasteiger partial charge on any atom is -0.467 e. The van der Waals surface area contributed by atoms with Crippen LogP contribution in [0.1, 0.15) is 48.0 Å². The summed E-state index contributed by atoms with van der Waals surface area (Å²) in [5, 5.41) is 14.3. The lowest BCUT2D eigenvalue weighted by Crippen LogP contribution is -2.46. The molecule has 0 bridgehead atoms. The van der Waals surface area contributed by atoms with Gasteiger partial charge in [0.05, 0.1) is 19.0 Å². The van der Waals surface area contributed by atoms with Gasteiger partial charge in [-0.1, -0.05) is 23.7 Å². The zero-order valence-electron chi connectivity index (χ0n) is 30.0. The number of aromatic nitrogens is 5. The van der Waals surface area contributed by atoms with E-state index in [0.29, 0.717) is 36.6 Å². The molecular formula is C36H38ClF3N10O6. The molecule has 6 rings (SSSR count). The molecule has 2 aromatic heterocycles. The average Bonchev–Trinajstić information content (AvgIpc) is 4.07. The summed E-state index contributed by atoms with van der Waals surface area (Å²) in [4.78, 5) is 66.9. The molecule has 3 amide bonds. The van der Waals surface area contributed by atoms with Crippen molar-refractivity contribution in [1.29, 1.82) is 0 Å². The van der Waals surface area contributed by atoms with Gasteiger partial charge in [-0.3, -0.25) is 14.4 Å². The van der Waals surface area contributed by atoms with Crippen LogP contribution in [0.25, 0.3) is 0 Å². The van der Waals surface area contributed by atoms with E-state index in [2.05, 4.69) is 46.5 Å². The summed E-state index contributed by atoms with van der Waals surface area (Å²) in [6, 6.07) is 11.3. The normalized spacial score (nSPS) is 15.4. The van der Waals surface area contributed by atoms with E-state index in [4.69, 9.17) is 21.1 Å². The maximum Gasteiger partial charge on any atom is 0.422 e. The number of esters is 1. The number of benzene rings is 2. The lowest BCUT2D eigenvalue weighted by molar-refractivity contribution is -0.154. The number of alkyl halides is 3. The summed E-state index contributed by atoms with van der Waals surface area (Å²) in [6.07, 6.45) is 3.72. The number of carbonyl (C=O) groups excluding carboxylic acids is 4. The highest BCUT2D eigenvalue weighted by Crippen LogP contribution is 2.48. The van der Waals surface area contributed by atoms with Crippen molar-refractivity contribution in [1.82, 2.24) is 40.5 Å². The Morgan fingerprint density at radius 2 is 1.62 bits per heavy atom. The predicted octanol–water partition coefficient (Wildman–Crippen LogP) is 3.88. The molecular weight excluding hydrogens is 761 g/mol. The van der Waals surface area contributed by atoms with Gasteiger partial charge in [0.2, 0.25) is 11.9 Å². The molecule has 5 N–H and O–H groups in total. The van der Waals surface area contributed by atoms with E-state index < -0.39 is 54.1 Å². The van der Waals surface area contributed by atoms with E-state index in [0.717, 1.165) is 25.5 Å². The van der Waals surface area contributed by atoms with Crippen LogP contribution in [0, 0.1) is 5.41 Å². The molecule has 16 nitrogen and oxygen atoms in total. The van der Waals surface area contributed by atoms with Crippen molar-refractivity contribution < 1.29 is 41.8 Å². The Morgan fingerprint density at radius 1 is 0.929 bits per heavy atom. The van der Waals surface area contributed by atoms with E-state index in [-0.39, 0.29) is 35.8 Å². The van der Waals surface area contributed by atoms with Gasteiger partial charge < -0.3 is 40.6 Å². The zero-order valence-corrected chi connectivity index (χ0v) is 30.7. The number of anilines is 3. The van der Waals surface area contributed by atoms with Crippen LogP contribution in [-0.4, -0.2) is 87.2 Å². The van der Waals surface area contributed by atoms with Gasteiger partial charge in [-0.2, -0.15) is 28.1 Å². The predicted molar refractivity (Wildman–Crippen MR) is 195 cm³/mol. The molecule has 2 aliphatic carbocycles. The SMILES string of the molecule is COC(=O)[C@@H](CCNC(=O)C(=O)NCC1(Cn2ccnc2)CC1)NC(=O)c1ccc(Nc2nc(NC3(c4ccc(Cl)cc4)CC3)nc(OCC(F)(F)F)n2)cc1. The van der Waals surface area contributed by atoms with E-state index in [1.165, 1.54) is 24.3 Å². The first kappa shape index (κ1) is 39.7. The fourth-order valence-corrected chi connectivity index (χ4v) is 5.96. The molecule has 2 aliphatic rings. The van der Waals surface area contributed by atoms with Crippen molar-refractivity contribution in [2.45, 2.75) is 56.4 Å². The molecule has 2 fully saturated rings. The lowest BCUT2D eigenvalue weighted by Gasteiger charge is -2.19. The number of carbonyl (C=O) groups is 4. The van der Waals surface area contributed by atoms with Crippen molar-refractivity contribution in [3.05, 3.63) is 83.4 Å². The Labute approximate surface area is 323 Å². The molecule has 2 saturated carbocycles. The van der Waals surface area contributed by atoms with E-state index >= 15 is 0 Å². The molecule has 0 unspecified atom stereocenters.